The minimum atomic E-state index is 0.374. The molecule has 4 heteroatoms. The summed E-state index contributed by atoms with van der Waals surface area (Å²) in [5.41, 5.74) is 0.983. The third-order valence-electron chi connectivity index (χ3n) is 2.96. The van der Waals surface area contributed by atoms with Gasteiger partial charge in [-0.05, 0) is 37.0 Å². The minimum absolute atomic E-state index is 0.374. The van der Waals surface area contributed by atoms with Gasteiger partial charge in [0.2, 0.25) is 0 Å². The number of hydrogen-bond acceptors (Lipinski definition) is 3. The molecule has 0 aromatic heterocycles. The summed E-state index contributed by atoms with van der Waals surface area (Å²) in [7, 11) is 0. The van der Waals surface area contributed by atoms with Crippen LogP contribution in [0.3, 0.4) is 0 Å². The van der Waals surface area contributed by atoms with Crippen molar-refractivity contribution in [1.82, 2.24) is 0 Å². The van der Waals surface area contributed by atoms with Gasteiger partial charge in [0.1, 0.15) is 5.75 Å². The second-order valence-corrected chi connectivity index (χ2v) is 5.09. The first-order chi connectivity index (χ1) is 7.79. The first-order valence-electron chi connectivity index (χ1n) is 5.52. The van der Waals surface area contributed by atoms with Gasteiger partial charge in [0.25, 0.3) is 0 Å². The van der Waals surface area contributed by atoms with Gasteiger partial charge >= 0.3 is 0 Å². The van der Waals surface area contributed by atoms with Crippen molar-refractivity contribution in [1.29, 1.82) is 0 Å². The summed E-state index contributed by atoms with van der Waals surface area (Å²) in [5, 5.41) is 0. The zero-order chi connectivity index (χ0) is 11.4. The van der Waals surface area contributed by atoms with Crippen LogP contribution in [0.1, 0.15) is 24.8 Å². The van der Waals surface area contributed by atoms with Crippen LogP contribution in [-0.4, -0.2) is 6.61 Å². The van der Waals surface area contributed by atoms with Crippen LogP contribution in [0.5, 0.6) is 5.75 Å². The summed E-state index contributed by atoms with van der Waals surface area (Å²) in [6.45, 7) is 1.18. The number of halogens is 1. The molecule has 1 aromatic carbocycles. The van der Waals surface area contributed by atoms with E-state index in [1.165, 1.54) is 19.3 Å². The predicted octanol–water partition coefficient (Wildman–Crippen LogP) is 3.02. The number of hydrogen-bond donors (Lipinski definition) is 1. The standard InChI is InChI=1S/C12H16BrNO2/c13-11-4-5-12(10(6-11)8-16-14)15-7-9-2-1-3-9/h4-6,9H,1-3,7-8,14H2. The Labute approximate surface area is 104 Å². The minimum Gasteiger partial charge on any atom is -0.493 e. The molecule has 2 N–H and O–H groups in total. The molecular formula is C12H16BrNO2. The molecule has 0 bridgehead atoms. The zero-order valence-corrected chi connectivity index (χ0v) is 10.7. The summed E-state index contributed by atoms with van der Waals surface area (Å²) >= 11 is 3.42. The highest BCUT2D eigenvalue weighted by Crippen LogP contribution is 2.29. The Bertz CT molecular complexity index is 353. The Morgan fingerprint density at radius 3 is 2.81 bits per heavy atom. The van der Waals surface area contributed by atoms with Crippen LogP contribution in [0.2, 0.25) is 0 Å². The maximum atomic E-state index is 5.79. The van der Waals surface area contributed by atoms with Crippen molar-refractivity contribution in [3.8, 4) is 5.75 Å². The number of nitrogens with two attached hydrogens (primary N) is 1. The van der Waals surface area contributed by atoms with Gasteiger partial charge in [0, 0.05) is 10.0 Å². The fraction of sp³-hybridized carbons (Fsp3) is 0.500. The Morgan fingerprint density at radius 2 is 2.19 bits per heavy atom. The highest BCUT2D eigenvalue weighted by Gasteiger charge is 2.18. The zero-order valence-electron chi connectivity index (χ0n) is 9.12. The summed E-state index contributed by atoms with van der Waals surface area (Å²) in [4.78, 5) is 4.67. The van der Waals surface area contributed by atoms with Crippen molar-refractivity contribution in [3.63, 3.8) is 0 Å². The maximum Gasteiger partial charge on any atom is 0.124 e. The van der Waals surface area contributed by atoms with Crippen molar-refractivity contribution in [2.24, 2.45) is 11.8 Å². The van der Waals surface area contributed by atoms with Crippen LogP contribution < -0.4 is 10.6 Å². The lowest BCUT2D eigenvalue weighted by Crippen LogP contribution is -2.19. The molecule has 1 aliphatic rings. The number of rotatable bonds is 5. The van der Waals surface area contributed by atoms with Gasteiger partial charge in [-0.25, -0.2) is 5.90 Å². The van der Waals surface area contributed by atoms with Crippen LogP contribution in [0.4, 0.5) is 0 Å². The second kappa shape index (κ2) is 5.66. The van der Waals surface area contributed by atoms with Gasteiger partial charge in [0.15, 0.2) is 0 Å². The van der Waals surface area contributed by atoms with Gasteiger partial charge in [-0.2, -0.15) is 0 Å². The van der Waals surface area contributed by atoms with E-state index >= 15 is 0 Å². The molecule has 3 nitrogen and oxygen atoms in total. The molecule has 0 radical (unpaired) electrons. The topological polar surface area (TPSA) is 44.5 Å². The Kier molecular flexibility index (Phi) is 4.21. The summed E-state index contributed by atoms with van der Waals surface area (Å²) in [6, 6.07) is 5.90. The highest BCUT2D eigenvalue weighted by molar-refractivity contribution is 9.10. The van der Waals surface area contributed by atoms with Crippen LogP contribution in [0, 0.1) is 5.92 Å². The van der Waals surface area contributed by atoms with E-state index in [9.17, 15) is 0 Å². The lowest BCUT2D eigenvalue weighted by molar-refractivity contribution is 0.118. The molecule has 0 atom stereocenters. The van der Waals surface area contributed by atoms with Gasteiger partial charge in [-0.1, -0.05) is 22.4 Å². The molecule has 0 aliphatic heterocycles. The van der Waals surface area contributed by atoms with Crippen molar-refractivity contribution in [2.45, 2.75) is 25.9 Å². The average molecular weight is 286 g/mol. The van der Waals surface area contributed by atoms with Crippen molar-refractivity contribution < 1.29 is 9.57 Å². The molecule has 1 fully saturated rings. The van der Waals surface area contributed by atoms with E-state index in [1.54, 1.807) is 0 Å². The van der Waals surface area contributed by atoms with Gasteiger partial charge in [0.05, 0.1) is 13.2 Å². The predicted molar refractivity (Wildman–Crippen MR) is 66.0 cm³/mol. The second-order valence-electron chi connectivity index (χ2n) is 4.17. The third-order valence-corrected chi connectivity index (χ3v) is 3.45. The molecular weight excluding hydrogens is 270 g/mol. The van der Waals surface area contributed by atoms with Crippen LogP contribution in [-0.2, 0) is 11.4 Å². The van der Waals surface area contributed by atoms with Crippen molar-refractivity contribution in [2.75, 3.05) is 6.61 Å². The van der Waals surface area contributed by atoms with Gasteiger partial charge in [-0.15, -0.1) is 0 Å². The molecule has 0 spiro atoms. The SMILES string of the molecule is NOCc1cc(Br)ccc1OCC1CCC1. The van der Waals surface area contributed by atoms with E-state index in [0.29, 0.717) is 6.61 Å². The molecule has 1 saturated carbocycles. The van der Waals surface area contributed by atoms with E-state index in [-0.39, 0.29) is 0 Å². The summed E-state index contributed by atoms with van der Waals surface area (Å²) < 4.78 is 6.80. The molecule has 16 heavy (non-hydrogen) atoms. The summed E-state index contributed by atoms with van der Waals surface area (Å²) in [5.74, 6) is 6.71. The number of ether oxygens (including phenoxy) is 1. The lowest BCUT2D eigenvalue weighted by Gasteiger charge is -2.25. The molecule has 88 valence electrons. The Morgan fingerprint density at radius 1 is 1.38 bits per heavy atom. The van der Waals surface area contributed by atoms with Crippen LogP contribution in [0.25, 0.3) is 0 Å². The first-order valence-corrected chi connectivity index (χ1v) is 6.32. The van der Waals surface area contributed by atoms with E-state index in [1.807, 2.05) is 18.2 Å². The quantitative estimate of drug-likeness (QED) is 0.846. The van der Waals surface area contributed by atoms with Crippen molar-refractivity contribution >= 4 is 15.9 Å². The Hall–Kier alpha value is -0.580. The normalized spacial score (nSPS) is 15.9. The van der Waals surface area contributed by atoms with Gasteiger partial charge < -0.3 is 4.74 Å². The molecule has 0 saturated heterocycles. The molecule has 0 heterocycles. The van der Waals surface area contributed by atoms with E-state index in [0.717, 1.165) is 28.3 Å². The fourth-order valence-electron chi connectivity index (χ4n) is 1.76. The smallest absolute Gasteiger partial charge is 0.124 e. The Balaban J connectivity index is 1.99. The average Bonchev–Trinajstić information content (AvgIpc) is 2.19. The fourth-order valence-corrected chi connectivity index (χ4v) is 2.17. The summed E-state index contributed by atoms with van der Waals surface area (Å²) in [6.07, 6.45) is 3.92. The lowest BCUT2D eigenvalue weighted by atomic mass is 9.86. The molecule has 0 unspecified atom stereocenters. The monoisotopic (exact) mass is 285 g/mol. The van der Waals surface area contributed by atoms with E-state index in [4.69, 9.17) is 10.6 Å². The molecule has 2 rings (SSSR count). The molecule has 1 aliphatic carbocycles. The van der Waals surface area contributed by atoms with Crippen molar-refractivity contribution in [3.05, 3.63) is 28.2 Å². The van der Waals surface area contributed by atoms with Gasteiger partial charge in [-0.3, -0.25) is 4.84 Å². The molecule has 0 amide bonds. The molecule has 1 aromatic rings. The maximum absolute atomic E-state index is 5.79. The van der Waals surface area contributed by atoms with Crippen LogP contribution in [0.15, 0.2) is 22.7 Å². The third kappa shape index (κ3) is 2.97. The van der Waals surface area contributed by atoms with Crippen LogP contribution >= 0.6 is 15.9 Å². The van der Waals surface area contributed by atoms with E-state index in [2.05, 4.69) is 20.8 Å². The largest absolute Gasteiger partial charge is 0.493 e. The van der Waals surface area contributed by atoms with E-state index < -0.39 is 0 Å². The number of benzene rings is 1. The highest BCUT2D eigenvalue weighted by atomic mass is 79.9. The first kappa shape index (κ1) is 11.9.